The van der Waals surface area contributed by atoms with Gasteiger partial charge in [0.2, 0.25) is 0 Å². The first-order chi connectivity index (χ1) is 14.2. The van der Waals surface area contributed by atoms with Crippen molar-refractivity contribution in [2.45, 2.75) is 42.9 Å². The number of ether oxygens (including phenoxy) is 1. The topological polar surface area (TPSA) is 52.0 Å². The first kappa shape index (κ1) is 20.2. The maximum absolute atomic E-state index is 13.1. The largest absolute Gasteiger partial charge is 0.378 e. The molecule has 5 nitrogen and oxygen atoms in total. The molecular formula is C21H22ClFN4OS. The standard InChI is InChI=1S/C21H22ClFN4OS/c22-19-6-2-1-4-15(19)14-29-21-26-25-20(27(21)13-18-5-3-11-28-18)12-24-17-9-7-16(23)8-10-17/h1-2,4,6-10,18,24H,3,5,11-14H2. The first-order valence-corrected chi connectivity index (χ1v) is 10.9. The van der Waals surface area contributed by atoms with E-state index in [1.165, 1.54) is 12.1 Å². The lowest BCUT2D eigenvalue weighted by Crippen LogP contribution is -2.19. The van der Waals surface area contributed by atoms with E-state index in [4.69, 9.17) is 16.3 Å². The zero-order valence-corrected chi connectivity index (χ0v) is 17.4. The average Bonchev–Trinajstić information content (AvgIpc) is 3.38. The van der Waals surface area contributed by atoms with Crippen LogP contribution in [0.25, 0.3) is 0 Å². The molecule has 1 aromatic heterocycles. The molecule has 1 aliphatic heterocycles. The molecule has 2 aromatic carbocycles. The molecule has 0 radical (unpaired) electrons. The number of nitrogens with one attached hydrogen (secondary N) is 1. The minimum atomic E-state index is -0.254. The Morgan fingerprint density at radius 2 is 2.00 bits per heavy atom. The summed E-state index contributed by atoms with van der Waals surface area (Å²) in [6, 6.07) is 14.1. The fourth-order valence-electron chi connectivity index (χ4n) is 3.24. The van der Waals surface area contributed by atoms with Crippen molar-refractivity contribution in [2.75, 3.05) is 11.9 Å². The monoisotopic (exact) mass is 432 g/mol. The number of aromatic nitrogens is 3. The van der Waals surface area contributed by atoms with Crippen molar-refractivity contribution < 1.29 is 9.13 Å². The van der Waals surface area contributed by atoms with E-state index in [9.17, 15) is 4.39 Å². The zero-order chi connectivity index (χ0) is 20.1. The normalized spacial score (nSPS) is 16.3. The summed E-state index contributed by atoms with van der Waals surface area (Å²) in [6.07, 6.45) is 2.30. The van der Waals surface area contributed by atoms with Crippen molar-refractivity contribution in [2.24, 2.45) is 0 Å². The molecule has 1 saturated heterocycles. The molecule has 0 saturated carbocycles. The second-order valence-corrected chi connectivity index (χ2v) is 8.23. The third kappa shape index (κ3) is 5.29. The Morgan fingerprint density at radius 1 is 1.17 bits per heavy atom. The maximum Gasteiger partial charge on any atom is 0.191 e. The van der Waals surface area contributed by atoms with Gasteiger partial charge in [0.05, 0.1) is 19.2 Å². The minimum absolute atomic E-state index is 0.176. The van der Waals surface area contributed by atoms with Crippen molar-refractivity contribution in [3.63, 3.8) is 0 Å². The Balaban J connectivity index is 1.49. The van der Waals surface area contributed by atoms with E-state index in [0.29, 0.717) is 12.3 Å². The number of benzene rings is 2. The van der Waals surface area contributed by atoms with Gasteiger partial charge in [-0.05, 0) is 48.7 Å². The Kier molecular flexibility index (Phi) is 6.69. The summed E-state index contributed by atoms with van der Waals surface area (Å²) >= 11 is 7.90. The van der Waals surface area contributed by atoms with E-state index < -0.39 is 0 Å². The number of rotatable bonds is 8. The van der Waals surface area contributed by atoms with Crippen LogP contribution in [0.15, 0.2) is 53.7 Å². The highest BCUT2D eigenvalue weighted by Gasteiger charge is 2.21. The van der Waals surface area contributed by atoms with Gasteiger partial charge in [0.1, 0.15) is 5.82 Å². The van der Waals surface area contributed by atoms with E-state index in [0.717, 1.165) is 53.2 Å². The highest BCUT2D eigenvalue weighted by molar-refractivity contribution is 7.98. The van der Waals surface area contributed by atoms with E-state index in [-0.39, 0.29) is 11.9 Å². The van der Waals surface area contributed by atoms with Crippen LogP contribution in [0.3, 0.4) is 0 Å². The van der Waals surface area contributed by atoms with Gasteiger partial charge in [-0.2, -0.15) is 0 Å². The predicted molar refractivity (Wildman–Crippen MR) is 114 cm³/mol. The summed E-state index contributed by atoms with van der Waals surface area (Å²) in [4.78, 5) is 0. The SMILES string of the molecule is Fc1ccc(NCc2nnc(SCc3ccccc3Cl)n2CC2CCCO2)cc1. The number of thioether (sulfide) groups is 1. The number of halogens is 2. The molecule has 1 atom stereocenters. The predicted octanol–water partition coefficient (Wildman–Crippen LogP) is 5.15. The molecule has 2 heterocycles. The molecule has 1 unspecified atom stereocenters. The molecule has 0 aliphatic carbocycles. The summed E-state index contributed by atoms with van der Waals surface area (Å²) in [5.41, 5.74) is 1.90. The van der Waals surface area contributed by atoms with Gasteiger partial charge in [0.15, 0.2) is 11.0 Å². The van der Waals surface area contributed by atoms with Gasteiger partial charge in [0, 0.05) is 23.1 Å². The fourth-order valence-corrected chi connectivity index (χ4v) is 4.49. The van der Waals surface area contributed by atoms with Crippen LogP contribution in [-0.2, 0) is 23.6 Å². The van der Waals surface area contributed by atoms with Crippen molar-refractivity contribution in [1.82, 2.24) is 14.8 Å². The maximum atomic E-state index is 13.1. The summed E-state index contributed by atoms with van der Waals surface area (Å²) in [5.74, 6) is 1.29. The molecule has 0 bridgehead atoms. The van der Waals surface area contributed by atoms with E-state index in [1.807, 2.05) is 24.3 Å². The van der Waals surface area contributed by atoms with Crippen LogP contribution < -0.4 is 5.32 Å². The number of anilines is 1. The highest BCUT2D eigenvalue weighted by Crippen LogP contribution is 2.27. The summed E-state index contributed by atoms with van der Waals surface area (Å²) < 4.78 is 21.1. The van der Waals surface area contributed by atoms with E-state index in [1.54, 1.807) is 23.9 Å². The van der Waals surface area contributed by atoms with Crippen LogP contribution in [0.2, 0.25) is 5.02 Å². The minimum Gasteiger partial charge on any atom is -0.378 e. The van der Waals surface area contributed by atoms with Crippen molar-refractivity contribution in [3.05, 3.63) is 70.8 Å². The van der Waals surface area contributed by atoms with Gasteiger partial charge in [-0.3, -0.25) is 0 Å². The van der Waals surface area contributed by atoms with E-state index in [2.05, 4.69) is 20.1 Å². The lowest BCUT2D eigenvalue weighted by Gasteiger charge is -2.15. The van der Waals surface area contributed by atoms with Crippen LogP contribution in [-0.4, -0.2) is 27.5 Å². The molecule has 1 N–H and O–H groups in total. The quantitative estimate of drug-likeness (QED) is 0.498. The van der Waals surface area contributed by atoms with Gasteiger partial charge in [0.25, 0.3) is 0 Å². The molecule has 1 aliphatic rings. The van der Waals surface area contributed by atoms with Crippen LogP contribution in [0, 0.1) is 5.82 Å². The first-order valence-electron chi connectivity index (χ1n) is 9.58. The number of nitrogens with zero attached hydrogens (tertiary/aromatic N) is 3. The summed E-state index contributed by atoms with van der Waals surface area (Å²) in [7, 11) is 0. The fraction of sp³-hybridized carbons (Fsp3) is 0.333. The van der Waals surface area contributed by atoms with Crippen LogP contribution in [0.4, 0.5) is 10.1 Å². The Morgan fingerprint density at radius 3 is 2.76 bits per heavy atom. The van der Waals surface area contributed by atoms with E-state index >= 15 is 0 Å². The lowest BCUT2D eigenvalue weighted by atomic mass is 10.2. The average molecular weight is 433 g/mol. The molecule has 0 amide bonds. The van der Waals surface area contributed by atoms with Crippen molar-refractivity contribution in [1.29, 1.82) is 0 Å². The molecule has 3 aromatic rings. The molecule has 29 heavy (non-hydrogen) atoms. The third-order valence-electron chi connectivity index (χ3n) is 4.81. The number of hydrogen-bond donors (Lipinski definition) is 1. The molecule has 8 heteroatoms. The summed E-state index contributed by atoms with van der Waals surface area (Å²) in [6.45, 7) is 2.02. The number of hydrogen-bond acceptors (Lipinski definition) is 5. The molecule has 4 rings (SSSR count). The zero-order valence-electron chi connectivity index (χ0n) is 15.9. The van der Waals surface area contributed by atoms with Crippen molar-refractivity contribution in [3.8, 4) is 0 Å². The van der Waals surface area contributed by atoms with Crippen LogP contribution in [0.1, 0.15) is 24.2 Å². The molecule has 1 fully saturated rings. The smallest absolute Gasteiger partial charge is 0.191 e. The second-order valence-electron chi connectivity index (χ2n) is 6.88. The van der Waals surface area contributed by atoms with Gasteiger partial charge in [-0.25, -0.2) is 4.39 Å². The Bertz CT molecular complexity index is 944. The highest BCUT2D eigenvalue weighted by atomic mass is 35.5. The molecule has 152 valence electrons. The van der Waals surface area contributed by atoms with Crippen molar-refractivity contribution >= 4 is 29.1 Å². The third-order valence-corrected chi connectivity index (χ3v) is 6.20. The van der Waals surface area contributed by atoms with Gasteiger partial charge in [-0.15, -0.1) is 10.2 Å². The summed E-state index contributed by atoms with van der Waals surface area (Å²) in [5, 5.41) is 13.7. The Labute approximate surface area is 178 Å². The lowest BCUT2D eigenvalue weighted by molar-refractivity contribution is 0.0942. The van der Waals surface area contributed by atoms with Crippen LogP contribution >= 0.6 is 23.4 Å². The van der Waals surface area contributed by atoms with Crippen LogP contribution in [0.5, 0.6) is 0 Å². The molecular weight excluding hydrogens is 411 g/mol. The second kappa shape index (κ2) is 9.61. The Hall–Kier alpha value is -2.09. The molecule has 0 spiro atoms. The van der Waals surface area contributed by atoms with Gasteiger partial charge < -0.3 is 14.6 Å². The van der Waals surface area contributed by atoms with Gasteiger partial charge in [-0.1, -0.05) is 41.6 Å². The van der Waals surface area contributed by atoms with Gasteiger partial charge >= 0.3 is 0 Å².